The number of rotatable bonds is 7. The zero-order valence-electron chi connectivity index (χ0n) is 17.3. The van der Waals surface area contributed by atoms with E-state index in [2.05, 4.69) is 15.6 Å². The minimum atomic E-state index is -0.847. The fourth-order valence-electron chi connectivity index (χ4n) is 3.81. The van der Waals surface area contributed by atoms with Crippen LogP contribution in [0.15, 0.2) is 42.5 Å². The summed E-state index contributed by atoms with van der Waals surface area (Å²) in [5.74, 6) is -1.90. The van der Waals surface area contributed by atoms with Crippen LogP contribution in [0.1, 0.15) is 25.7 Å². The van der Waals surface area contributed by atoms with Gasteiger partial charge in [-0.1, -0.05) is 23.5 Å². The summed E-state index contributed by atoms with van der Waals surface area (Å²) in [6.45, 7) is 0.128. The highest BCUT2D eigenvalue weighted by Gasteiger charge is 2.27. The molecule has 9 heteroatoms. The zero-order valence-corrected chi connectivity index (χ0v) is 18.1. The molecule has 0 radical (unpaired) electrons. The third-order valence-electron chi connectivity index (χ3n) is 5.58. The van der Waals surface area contributed by atoms with Gasteiger partial charge in [-0.05, 0) is 55.9 Å². The molecule has 0 unspecified atom stereocenters. The number of amides is 2. The van der Waals surface area contributed by atoms with Crippen molar-refractivity contribution in [2.75, 3.05) is 18.5 Å². The largest absolute Gasteiger partial charge is 0.481 e. The molecule has 1 aliphatic rings. The van der Waals surface area contributed by atoms with Crippen molar-refractivity contribution in [3.63, 3.8) is 0 Å². The number of hydrogen-bond donors (Lipinski definition) is 2. The van der Waals surface area contributed by atoms with E-state index in [1.54, 1.807) is 0 Å². The van der Waals surface area contributed by atoms with Gasteiger partial charge in [-0.2, -0.15) is 0 Å². The molecule has 2 N–H and O–H groups in total. The van der Waals surface area contributed by atoms with Gasteiger partial charge in [-0.25, -0.2) is 13.8 Å². The number of benzene rings is 2. The fourth-order valence-corrected chi connectivity index (χ4v) is 4.68. The van der Waals surface area contributed by atoms with E-state index >= 15 is 0 Å². The topological polar surface area (TPSA) is 80.3 Å². The maximum absolute atomic E-state index is 13.5. The normalized spacial score (nSPS) is 18.3. The lowest BCUT2D eigenvalue weighted by Gasteiger charge is -2.27. The average molecular weight is 460 g/mol. The van der Waals surface area contributed by atoms with Crippen molar-refractivity contribution in [1.29, 1.82) is 0 Å². The van der Waals surface area contributed by atoms with Crippen LogP contribution in [0.25, 0.3) is 10.2 Å². The van der Waals surface area contributed by atoms with Crippen LogP contribution < -0.4 is 15.4 Å². The number of halogens is 2. The Morgan fingerprint density at radius 2 is 1.88 bits per heavy atom. The van der Waals surface area contributed by atoms with E-state index in [1.807, 2.05) is 24.3 Å². The lowest BCUT2D eigenvalue weighted by atomic mass is 9.81. The van der Waals surface area contributed by atoms with Crippen molar-refractivity contribution >= 4 is 38.5 Å². The van der Waals surface area contributed by atoms with Crippen molar-refractivity contribution in [3.05, 3.63) is 54.1 Å². The maximum atomic E-state index is 13.5. The number of para-hydroxylation sites is 1. The summed E-state index contributed by atoms with van der Waals surface area (Å²) < 4.78 is 32.6. The number of anilines is 1. The van der Waals surface area contributed by atoms with Crippen LogP contribution in [0.5, 0.6) is 5.75 Å². The van der Waals surface area contributed by atoms with Crippen LogP contribution in [0.4, 0.5) is 13.9 Å². The molecule has 0 saturated heterocycles. The van der Waals surface area contributed by atoms with E-state index < -0.39 is 11.6 Å². The van der Waals surface area contributed by atoms with Crippen LogP contribution >= 0.6 is 11.3 Å². The number of nitrogens with zero attached hydrogens (tertiary/aromatic N) is 1. The number of thiazole rings is 1. The van der Waals surface area contributed by atoms with Gasteiger partial charge in [0.05, 0.1) is 10.2 Å². The predicted molar refractivity (Wildman–Crippen MR) is 119 cm³/mol. The molecular weight excluding hydrogens is 436 g/mol. The van der Waals surface area contributed by atoms with E-state index in [-0.39, 0.29) is 36.0 Å². The monoisotopic (exact) mass is 459 g/mol. The molecule has 4 rings (SSSR count). The molecule has 0 bridgehead atoms. The molecule has 1 aliphatic carbocycles. The molecule has 3 aromatic rings. The SMILES string of the molecule is O=C(COc1ccc(F)cc1F)NCC1CCC(C(=O)Nc2nc3ccccc3s2)CC1. The molecular formula is C23H23F2N3O3S. The smallest absolute Gasteiger partial charge is 0.257 e. The molecule has 0 atom stereocenters. The molecule has 0 spiro atoms. The lowest BCUT2D eigenvalue weighted by Crippen LogP contribution is -2.35. The Morgan fingerprint density at radius 1 is 1.09 bits per heavy atom. The number of nitrogens with one attached hydrogen (secondary N) is 2. The third kappa shape index (κ3) is 5.59. The first-order valence-electron chi connectivity index (χ1n) is 10.5. The summed E-state index contributed by atoms with van der Waals surface area (Å²) in [5, 5.41) is 6.33. The van der Waals surface area contributed by atoms with E-state index in [9.17, 15) is 18.4 Å². The van der Waals surface area contributed by atoms with E-state index in [0.29, 0.717) is 17.7 Å². The van der Waals surface area contributed by atoms with Crippen LogP contribution in [0.2, 0.25) is 0 Å². The Bertz CT molecular complexity index is 1080. The van der Waals surface area contributed by atoms with Crippen molar-refractivity contribution in [2.24, 2.45) is 11.8 Å². The molecule has 2 amide bonds. The summed E-state index contributed by atoms with van der Waals surface area (Å²) in [6.07, 6.45) is 3.14. The summed E-state index contributed by atoms with van der Waals surface area (Å²) in [6, 6.07) is 10.7. The number of ether oxygens (including phenoxy) is 1. The second kappa shape index (κ2) is 10.0. The summed E-state index contributed by atoms with van der Waals surface area (Å²) in [7, 11) is 0. The second-order valence-corrected chi connectivity index (χ2v) is 8.89. The number of carbonyl (C=O) groups is 2. The highest BCUT2D eigenvalue weighted by Crippen LogP contribution is 2.31. The fraction of sp³-hybridized carbons (Fsp3) is 0.348. The summed E-state index contributed by atoms with van der Waals surface area (Å²) in [5.41, 5.74) is 0.874. The Labute approximate surface area is 188 Å². The first-order chi connectivity index (χ1) is 15.5. The Hall–Kier alpha value is -3.07. The van der Waals surface area contributed by atoms with Gasteiger partial charge in [-0.15, -0.1) is 0 Å². The molecule has 1 saturated carbocycles. The van der Waals surface area contributed by atoms with Gasteiger partial charge in [-0.3, -0.25) is 9.59 Å². The van der Waals surface area contributed by atoms with E-state index in [4.69, 9.17) is 4.74 Å². The number of aromatic nitrogens is 1. The highest BCUT2D eigenvalue weighted by molar-refractivity contribution is 7.22. The molecule has 168 valence electrons. The van der Waals surface area contributed by atoms with Gasteiger partial charge in [0.1, 0.15) is 5.82 Å². The van der Waals surface area contributed by atoms with E-state index in [0.717, 1.165) is 48.0 Å². The van der Waals surface area contributed by atoms with Crippen LogP contribution in [-0.4, -0.2) is 29.9 Å². The van der Waals surface area contributed by atoms with Crippen molar-refractivity contribution in [1.82, 2.24) is 10.3 Å². The lowest BCUT2D eigenvalue weighted by molar-refractivity contribution is -0.124. The minimum Gasteiger partial charge on any atom is -0.481 e. The third-order valence-corrected chi connectivity index (χ3v) is 6.53. The van der Waals surface area contributed by atoms with E-state index in [1.165, 1.54) is 11.3 Å². The summed E-state index contributed by atoms with van der Waals surface area (Å²) >= 11 is 1.46. The standard InChI is InChI=1S/C23H23F2N3O3S/c24-16-9-10-19(17(25)11-16)31-13-21(29)26-12-14-5-7-15(8-6-14)22(30)28-23-27-18-3-1-2-4-20(18)32-23/h1-4,9-11,14-15H,5-8,12-13H2,(H,26,29)(H,27,28,30). The maximum Gasteiger partial charge on any atom is 0.257 e. The zero-order chi connectivity index (χ0) is 22.5. The van der Waals surface area contributed by atoms with Gasteiger partial charge in [0.15, 0.2) is 23.3 Å². The van der Waals surface area contributed by atoms with Gasteiger partial charge < -0.3 is 15.4 Å². The molecule has 1 heterocycles. The van der Waals surface area contributed by atoms with Crippen molar-refractivity contribution in [3.8, 4) is 5.75 Å². The molecule has 32 heavy (non-hydrogen) atoms. The molecule has 2 aromatic carbocycles. The average Bonchev–Trinajstić information content (AvgIpc) is 3.19. The quantitative estimate of drug-likeness (QED) is 0.545. The van der Waals surface area contributed by atoms with Crippen molar-refractivity contribution in [2.45, 2.75) is 25.7 Å². The van der Waals surface area contributed by atoms with Gasteiger partial charge in [0, 0.05) is 18.5 Å². The van der Waals surface area contributed by atoms with Crippen LogP contribution in [0, 0.1) is 23.5 Å². The van der Waals surface area contributed by atoms with Crippen LogP contribution in [0.3, 0.4) is 0 Å². The highest BCUT2D eigenvalue weighted by atomic mass is 32.1. The Balaban J connectivity index is 1.17. The number of carbonyl (C=O) groups excluding carboxylic acids is 2. The van der Waals surface area contributed by atoms with Gasteiger partial charge >= 0.3 is 0 Å². The number of fused-ring (bicyclic) bond motifs is 1. The minimum absolute atomic E-state index is 0.0127. The molecule has 6 nitrogen and oxygen atoms in total. The first-order valence-corrected chi connectivity index (χ1v) is 11.3. The molecule has 1 fully saturated rings. The predicted octanol–water partition coefficient (Wildman–Crippen LogP) is 4.51. The molecule has 0 aliphatic heterocycles. The Morgan fingerprint density at radius 3 is 2.62 bits per heavy atom. The summed E-state index contributed by atoms with van der Waals surface area (Å²) in [4.78, 5) is 29.0. The number of hydrogen-bond acceptors (Lipinski definition) is 5. The van der Waals surface area contributed by atoms with Crippen molar-refractivity contribution < 1.29 is 23.1 Å². The van der Waals surface area contributed by atoms with Gasteiger partial charge in [0.25, 0.3) is 5.91 Å². The first kappa shape index (κ1) is 22.1. The van der Waals surface area contributed by atoms with Gasteiger partial charge in [0.2, 0.25) is 5.91 Å². The second-order valence-electron chi connectivity index (χ2n) is 7.86. The van der Waals surface area contributed by atoms with Crippen LogP contribution in [-0.2, 0) is 9.59 Å². The Kier molecular flexibility index (Phi) is 6.94. The molecule has 1 aromatic heterocycles.